The second-order valence-electron chi connectivity index (χ2n) is 10.6. The number of benzene rings is 1. The van der Waals surface area contributed by atoms with Gasteiger partial charge in [0.2, 0.25) is 15.7 Å². The fraction of sp³-hybridized carbons (Fsp3) is 0.444. The zero-order valence-corrected chi connectivity index (χ0v) is 23.6. The zero-order chi connectivity index (χ0) is 29.1. The number of hydrogen-bond acceptors (Lipinski definition) is 7. The van der Waals surface area contributed by atoms with Gasteiger partial charge in [0.15, 0.2) is 5.75 Å². The number of nitrogens with zero attached hydrogens (tertiary/aromatic N) is 6. The van der Waals surface area contributed by atoms with E-state index >= 15 is 0 Å². The number of anilines is 1. The Kier molecular flexibility index (Phi) is 6.72. The smallest absolute Gasteiger partial charge is 0.438 e. The molecule has 0 bridgehead atoms. The Balaban J connectivity index is 1.30. The molecule has 0 radical (unpaired) electrons. The maximum absolute atomic E-state index is 13.4. The van der Waals surface area contributed by atoms with E-state index in [1.54, 1.807) is 25.4 Å². The van der Waals surface area contributed by atoms with E-state index in [4.69, 9.17) is 9.84 Å². The lowest BCUT2D eigenvalue weighted by Gasteiger charge is -2.29. The highest BCUT2D eigenvalue weighted by Crippen LogP contribution is 2.40. The molecule has 1 aliphatic carbocycles. The summed E-state index contributed by atoms with van der Waals surface area (Å²) in [5.74, 6) is 0.462. The van der Waals surface area contributed by atoms with E-state index in [1.807, 2.05) is 23.7 Å². The zero-order valence-electron chi connectivity index (χ0n) is 22.8. The number of hydrogen-bond donors (Lipinski definition) is 1. The Hall–Kier alpha value is -3.65. The van der Waals surface area contributed by atoms with Crippen molar-refractivity contribution in [2.24, 2.45) is 7.05 Å². The van der Waals surface area contributed by atoms with E-state index in [1.165, 1.54) is 17.5 Å². The van der Waals surface area contributed by atoms with Crippen LogP contribution in [0.4, 0.5) is 19.0 Å². The molecule has 0 atom stereocenters. The van der Waals surface area contributed by atoms with Gasteiger partial charge in [-0.25, -0.2) is 13.4 Å². The lowest BCUT2D eigenvalue weighted by atomic mass is 9.93. The topological polar surface area (TPSA) is 107 Å². The molecule has 0 unspecified atom stereocenters. The van der Waals surface area contributed by atoms with Crippen LogP contribution in [0.25, 0.3) is 22.2 Å². The van der Waals surface area contributed by atoms with Crippen molar-refractivity contribution in [1.29, 1.82) is 0 Å². The van der Waals surface area contributed by atoms with Gasteiger partial charge in [-0.15, -0.1) is 0 Å². The summed E-state index contributed by atoms with van der Waals surface area (Å²) >= 11 is 0. The second-order valence-corrected chi connectivity index (χ2v) is 12.6. The van der Waals surface area contributed by atoms with Crippen molar-refractivity contribution in [2.75, 3.05) is 18.9 Å². The van der Waals surface area contributed by atoms with Gasteiger partial charge in [0.1, 0.15) is 11.5 Å². The molecule has 4 aromatic rings. The molecule has 0 amide bonds. The summed E-state index contributed by atoms with van der Waals surface area (Å²) in [5, 5.41) is 12.6. The van der Waals surface area contributed by atoms with Crippen LogP contribution >= 0.6 is 0 Å². The quantitative estimate of drug-likeness (QED) is 0.338. The molecule has 41 heavy (non-hydrogen) atoms. The summed E-state index contributed by atoms with van der Waals surface area (Å²) in [4.78, 5) is 4.86. The standard InChI is InChI=1S/C27H30F3N7O3S/c1-4-31-24-12-21-20(13-32-24)25(16-5-10-23-17(11-16)14-36(3)41(23,38)39)33-37(21)18-6-8-19(9-7-18)40-22-15-35(2)34-26(22)27(28,29)30/h5,10-13,15,18-19H,4,6-9,14H2,1-3H3,(H,31,32). The summed E-state index contributed by atoms with van der Waals surface area (Å²) in [6, 6.07) is 7.23. The van der Waals surface area contributed by atoms with E-state index in [0.29, 0.717) is 55.2 Å². The predicted molar refractivity (Wildman–Crippen MR) is 146 cm³/mol. The number of aromatic nitrogens is 5. The van der Waals surface area contributed by atoms with E-state index in [-0.39, 0.29) is 17.9 Å². The molecule has 6 rings (SSSR count). The van der Waals surface area contributed by atoms with Gasteiger partial charge in [-0.1, -0.05) is 6.07 Å². The van der Waals surface area contributed by atoms with E-state index in [0.717, 1.165) is 26.7 Å². The van der Waals surface area contributed by atoms with Crippen molar-refractivity contribution in [3.05, 3.63) is 47.9 Å². The molecule has 4 heterocycles. The minimum Gasteiger partial charge on any atom is -0.486 e. The maximum Gasteiger partial charge on any atom is 0.438 e. The number of nitrogens with one attached hydrogen (secondary N) is 1. The largest absolute Gasteiger partial charge is 0.486 e. The molecule has 1 saturated carbocycles. The van der Waals surface area contributed by atoms with Gasteiger partial charge in [0.25, 0.3) is 0 Å². The minimum atomic E-state index is -4.59. The fourth-order valence-corrected chi connectivity index (χ4v) is 7.07. The molecule has 10 nitrogen and oxygen atoms in total. The third-order valence-electron chi connectivity index (χ3n) is 7.71. The molecule has 0 spiro atoms. The van der Waals surface area contributed by atoms with Gasteiger partial charge in [-0.3, -0.25) is 9.36 Å². The van der Waals surface area contributed by atoms with Gasteiger partial charge in [0.05, 0.1) is 28.8 Å². The summed E-state index contributed by atoms with van der Waals surface area (Å²) in [7, 11) is -0.482. The van der Waals surface area contributed by atoms with E-state index in [2.05, 4.69) is 15.4 Å². The summed E-state index contributed by atoms with van der Waals surface area (Å²) in [5.41, 5.74) is 2.09. The van der Waals surface area contributed by atoms with E-state index < -0.39 is 21.9 Å². The average Bonchev–Trinajstić information content (AvgIpc) is 3.55. The Morgan fingerprint density at radius 1 is 1.10 bits per heavy atom. The van der Waals surface area contributed by atoms with Crippen molar-refractivity contribution in [3.8, 4) is 17.0 Å². The van der Waals surface area contributed by atoms with Crippen molar-refractivity contribution < 1.29 is 26.3 Å². The van der Waals surface area contributed by atoms with Crippen LogP contribution in [0, 0.1) is 0 Å². The maximum atomic E-state index is 13.4. The number of pyridine rings is 1. The molecule has 3 aromatic heterocycles. The van der Waals surface area contributed by atoms with E-state index in [9.17, 15) is 21.6 Å². The predicted octanol–water partition coefficient (Wildman–Crippen LogP) is 4.98. The molecule has 0 saturated heterocycles. The second kappa shape index (κ2) is 10.0. The molecular weight excluding hydrogens is 559 g/mol. The number of sulfonamides is 1. The van der Waals surface area contributed by atoms with Crippen LogP contribution in [-0.4, -0.2) is 57.0 Å². The monoisotopic (exact) mass is 589 g/mol. The number of ether oxygens (including phenoxy) is 1. The minimum absolute atomic E-state index is 0.0000928. The number of halogens is 3. The highest BCUT2D eigenvalue weighted by molar-refractivity contribution is 7.89. The van der Waals surface area contributed by atoms with Crippen molar-refractivity contribution in [1.82, 2.24) is 28.9 Å². The van der Waals surface area contributed by atoms with Crippen LogP contribution in [0.2, 0.25) is 0 Å². The van der Waals surface area contributed by atoms with Crippen molar-refractivity contribution in [2.45, 2.75) is 62.4 Å². The Labute approximate surface area is 235 Å². The Bertz CT molecular complexity index is 1720. The highest BCUT2D eigenvalue weighted by Gasteiger charge is 2.39. The lowest BCUT2D eigenvalue weighted by molar-refractivity contribution is -0.143. The number of aryl methyl sites for hydroxylation is 1. The fourth-order valence-electron chi connectivity index (χ4n) is 5.73. The first-order valence-electron chi connectivity index (χ1n) is 13.4. The summed E-state index contributed by atoms with van der Waals surface area (Å²) < 4.78 is 75.6. The molecule has 2 aliphatic rings. The van der Waals surface area contributed by atoms with Gasteiger partial charge in [0, 0.05) is 50.4 Å². The molecule has 1 fully saturated rings. The van der Waals surface area contributed by atoms with Crippen LogP contribution in [0.5, 0.6) is 5.75 Å². The molecule has 1 aromatic carbocycles. The molecular formula is C27H30F3N7O3S. The highest BCUT2D eigenvalue weighted by atomic mass is 32.2. The molecule has 1 aliphatic heterocycles. The number of alkyl halides is 3. The summed E-state index contributed by atoms with van der Waals surface area (Å²) in [6.07, 6.45) is 0.516. The van der Waals surface area contributed by atoms with Crippen molar-refractivity contribution in [3.63, 3.8) is 0 Å². The van der Waals surface area contributed by atoms with Gasteiger partial charge >= 0.3 is 6.18 Å². The van der Waals surface area contributed by atoms with Crippen LogP contribution < -0.4 is 10.1 Å². The van der Waals surface area contributed by atoms with Crippen LogP contribution in [-0.2, 0) is 29.8 Å². The first-order chi connectivity index (χ1) is 19.5. The van der Waals surface area contributed by atoms with Crippen LogP contribution in [0.15, 0.2) is 41.6 Å². The van der Waals surface area contributed by atoms with Crippen molar-refractivity contribution >= 4 is 26.7 Å². The lowest BCUT2D eigenvalue weighted by Crippen LogP contribution is -2.27. The van der Waals surface area contributed by atoms with Crippen LogP contribution in [0.3, 0.4) is 0 Å². The van der Waals surface area contributed by atoms with Gasteiger partial charge in [-0.2, -0.15) is 27.7 Å². The van der Waals surface area contributed by atoms with Crippen LogP contribution in [0.1, 0.15) is 49.9 Å². The Morgan fingerprint density at radius 2 is 1.85 bits per heavy atom. The molecule has 218 valence electrons. The first kappa shape index (κ1) is 27.5. The third kappa shape index (κ3) is 4.92. The Morgan fingerprint density at radius 3 is 2.56 bits per heavy atom. The number of fused-ring (bicyclic) bond motifs is 2. The normalized spacial score (nSPS) is 20.8. The van der Waals surface area contributed by atoms with Gasteiger partial charge < -0.3 is 10.1 Å². The molecule has 14 heteroatoms. The average molecular weight is 590 g/mol. The first-order valence-corrected chi connectivity index (χ1v) is 14.9. The van der Waals surface area contributed by atoms with Gasteiger partial charge in [-0.05, 0) is 50.3 Å². The molecule has 1 N–H and O–H groups in total. The summed E-state index contributed by atoms with van der Waals surface area (Å²) in [6.45, 7) is 2.98. The third-order valence-corrected chi connectivity index (χ3v) is 9.62. The SMILES string of the molecule is CCNc1cc2c(cn1)c(-c1ccc3c(c1)CN(C)S3(=O)=O)nn2C1CCC(Oc2cn(C)nc2C(F)(F)F)CC1. The number of rotatable bonds is 6.